The van der Waals surface area contributed by atoms with E-state index < -0.39 is 0 Å². The average Bonchev–Trinajstić information content (AvgIpc) is 2.88. The van der Waals surface area contributed by atoms with Crippen molar-refractivity contribution in [1.82, 2.24) is 5.32 Å². The summed E-state index contributed by atoms with van der Waals surface area (Å²) in [7, 11) is 0. The topological polar surface area (TPSA) is 58.3 Å². The number of nitrogens with one attached hydrogen (secondary N) is 1. The molecule has 3 nitrogen and oxygen atoms in total. The van der Waals surface area contributed by atoms with Crippen molar-refractivity contribution in [3.63, 3.8) is 0 Å². The highest BCUT2D eigenvalue weighted by atomic mass is 19.1. The van der Waals surface area contributed by atoms with Crippen LogP contribution in [-0.2, 0) is 6.42 Å². The zero-order valence-corrected chi connectivity index (χ0v) is 12.1. The van der Waals surface area contributed by atoms with E-state index >= 15 is 0 Å². The Kier molecular flexibility index (Phi) is 5.13. The van der Waals surface area contributed by atoms with Crippen molar-refractivity contribution in [2.75, 3.05) is 13.2 Å². The molecular weight excluding hydrogens is 255 g/mol. The smallest absolute Gasteiger partial charge is 0.126 e. The summed E-state index contributed by atoms with van der Waals surface area (Å²) in [4.78, 5) is 0. The van der Waals surface area contributed by atoms with Gasteiger partial charge in [-0.2, -0.15) is 0 Å². The minimum atomic E-state index is -0.343. The fourth-order valence-corrected chi connectivity index (χ4v) is 3.14. The second-order valence-electron chi connectivity index (χ2n) is 6.16. The molecule has 1 aliphatic carbocycles. The monoisotopic (exact) mass is 280 g/mol. The lowest BCUT2D eigenvalue weighted by Crippen LogP contribution is -2.55. The van der Waals surface area contributed by atoms with Crippen LogP contribution >= 0.6 is 0 Å². The minimum Gasteiger partial charge on any atom is -0.396 e. The van der Waals surface area contributed by atoms with Gasteiger partial charge in [0.2, 0.25) is 0 Å². The molecule has 0 bridgehead atoms. The first-order valence-electron chi connectivity index (χ1n) is 7.40. The first-order chi connectivity index (χ1) is 9.58. The quantitative estimate of drug-likeness (QED) is 0.745. The van der Waals surface area contributed by atoms with Crippen LogP contribution < -0.4 is 11.1 Å². The summed E-state index contributed by atoms with van der Waals surface area (Å²) in [6.45, 7) is 2.68. The maximum Gasteiger partial charge on any atom is 0.126 e. The van der Waals surface area contributed by atoms with Crippen molar-refractivity contribution < 1.29 is 9.50 Å². The van der Waals surface area contributed by atoms with E-state index in [2.05, 4.69) is 5.32 Å². The first-order valence-corrected chi connectivity index (χ1v) is 7.40. The Morgan fingerprint density at radius 3 is 2.80 bits per heavy atom. The Morgan fingerprint density at radius 1 is 1.40 bits per heavy atom. The molecule has 0 amide bonds. The number of nitrogens with two attached hydrogens (primary N) is 1. The van der Waals surface area contributed by atoms with Gasteiger partial charge in [0.15, 0.2) is 0 Å². The molecule has 4 heteroatoms. The van der Waals surface area contributed by atoms with E-state index in [4.69, 9.17) is 5.73 Å². The Hall–Kier alpha value is -0.970. The van der Waals surface area contributed by atoms with E-state index in [9.17, 15) is 9.50 Å². The van der Waals surface area contributed by atoms with Gasteiger partial charge in [-0.3, -0.25) is 0 Å². The van der Waals surface area contributed by atoms with Gasteiger partial charge in [0.05, 0.1) is 0 Å². The summed E-state index contributed by atoms with van der Waals surface area (Å²) in [6.07, 6.45) is 3.79. The van der Waals surface area contributed by atoms with Crippen LogP contribution in [0.1, 0.15) is 31.7 Å². The lowest BCUT2D eigenvalue weighted by molar-refractivity contribution is 0.183. The molecule has 0 aromatic heterocycles. The third-order valence-electron chi connectivity index (χ3n) is 4.42. The van der Waals surface area contributed by atoms with Crippen LogP contribution in [0, 0.1) is 11.7 Å². The third kappa shape index (κ3) is 3.57. The molecule has 3 atom stereocenters. The van der Waals surface area contributed by atoms with Crippen molar-refractivity contribution in [3.05, 3.63) is 35.6 Å². The van der Waals surface area contributed by atoms with Crippen LogP contribution in [0.5, 0.6) is 0 Å². The van der Waals surface area contributed by atoms with Crippen LogP contribution in [0.2, 0.25) is 0 Å². The van der Waals surface area contributed by atoms with Gasteiger partial charge in [-0.25, -0.2) is 4.39 Å². The Bertz CT molecular complexity index is 440. The summed E-state index contributed by atoms with van der Waals surface area (Å²) in [5.41, 5.74) is 6.27. The van der Waals surface area contributed by atoms with Crippen LogP contribution in [-0.4, -0.2) is 29.8 Å². The van der Waals surface area contributed by atoms with Gasteiger partial charge in [0.1, 0.15) is 5.82 Å². The van der Waals surface area contributed by atoms with E-state index in [1.165, 1.54) is 6.07 Å². The predicted molar refractivity (Wildman–Crippen MR) is 78.9 cm³/mol. The van der Waals surface area contributed by atoms with Crippen LogP contribution in [0.15, 0.2) is 24.3 Å². The molecule has 1 aromatic rings. The van der Waals surface area contributed by atoms with Gasteiger partial charge in [-0.15, -0.1) is 0 Å². The van der Waals surface area contributed by atoms with Crippen LogP contribution in [0.25, 0.3) is 0 Å². The second-order valence-corrected chi connectivity index (χ2v) is 6.16. The van der Waals surface area contributed by atoms with Gasteiger partial charge < -0.3 is 16.2 Å². The number of halogens is 1. The highest BCUT2D eigenvalue weighted by molar-refractivity contribution is 5.20. The van der Waals surface area contributed by atoms with Crippen molar-refractivity contribution >= 4 is 0 Å². The summed E-state index contributed by atoms with van der Waals surface area (Å²) in [5.74, 6) is 0.112. The number of rotatable bonds is 6. The molecular formula is C16H25FN2O. The molecule has 3 unspecified atom stereocenters. The summed E-state index contributed by atoms with van der Waals surface area (Å²) >= 11 is 0. The Balaban J connectivity index is 2.07. The molecule has 2 rings (SSSR count). The molecule has 0 heterocycles. The van der Waals surface area contributed by atoms with Crippen molar-refractivity contribution in [1.29, 1.82) is 0 Å². The molecule has 0 radical (unpaired) electrons. The standard InChI is InChI=1S/C16H25FN2O/c1-16(11-18,9-12-5-2-3-7-14(12)17)19-15-8-4-6-13(15)10-20/h2-3,5,7,13,15,19-20H,4,6,8-11,18H2,1H3. The average molecular weight is 280 g/mol. The number of hydrogen-bond donors (Lipinski definition) is 3. The maximum atomic E-state index is 13.8. The SMILES string of the molecule is CC(CN)(Cc1ccccc1F)NC1CCCC1CO. The van der Waals surface area contributed by atoms with E-state index in [-0.39, 0.29) is 24.0 Å². The largest absolute Gasteiger partial charge is 0.396 e. The number of aliphatic hydroxyl groups is 1. The molecule has 1 aliphatic rings. The summed E-state index contributed by atoms with van der Waals surface area (Å²) in [6, 6.07) is 7.12. The van der Waals surface area contributed by atoms with Gasteiger partial charge in [-0.1, -0.05) is 24.6 Å². The summed E-state index contributed by atoms with van der Waals surface area (Å²) in [5, 5.41) is 13.0. The fourth-order valence-electron chi connectivity index (χ4n) is 3.14. The number of hydrogen-bond acceptors (Lipinski definition) is 3. The lowest BCUT2D eigenvalue weighted by Gasteiger charge is -2.35. The van der Waals surface area contributed by atoms with Gasteiger partial charge in [0.25, 0.3) is 0 Å². The number of aliphatic hydroxyl groups excluding tert-OH is 1. The molecule has 112 valence electrons. The highest BCUT2D eigenvalue weighted by Crippen LogP contribution is 2.27. The van der Waals surface area contributed by atoms with Crippen LogP contribution in [0.4, 0.5) is 4.39 Å². The highest BCUT2D eigenvalue weighted by Gasteiger charge is 2.33. The van der Waals surface area contributed by atoms with Crippen molar-refractivity contribution in [2.24, 2.45) is 11.7 Å². The minimum absolute atomic E-state index is 0.181. The molecule has 4 N–H and O–H groups in total. The van der Waals surface area contributed by atoms with Gasteiger partial charge in [0, 0.05) is 24.7 Å². The predicted octanol–water partition coefficient (Wildman–Crippen LogP) is 1.84. The first kappa shape index (κ1) is 15.4. The van der Waals surface area contributed by atoms with E-state index in [1.54, 1.807) is 6.07 Å². The number of benzene rings is 1. The molecule has 0 saturated heterocycles. The lowest BCUT2D eigenvalue weighted by atomic mass is 9.90. The van der Waals surface area contributed by atoms with Gasteiger partial charge >= 0.3 is 0 Å². The third-order valence-corrected chi connectivity index (χ3v) is 4.42. The molecule has 1 fully saturated rings. The molecule has 1 aromatic carbocycles. The molecule has 1 saturated carbocycles. The zero-order chi connectivity index (χ0) is 14.6. The maximum absolute atomic E-state index is 13.8. The second kappa shape index (κ2) is 6.66. The van der Waals surface area contributed by atoms with Crippen LogP contribution in [0.3, 0.4) is 0 Å². The zero-order valence-electron chi connectivity index (χ0n) is 12.1. The van der Waals surface area contributed by atoms with Gasteiger partial charge in [-0.05, 0) is 43.7 Å². The van der Waals surface area contributed by atoms with Crippen molar-refractivity contribution in [3.8, 4) is 0 Å². The van der Waals surface area contributed by atoms with E-state index in [0.29, 0.717) is 24.4 Å². The molecule has 20 heavy (non-hydrogen) atoms. The van der Waals surface area contributed by atoms with E-state index in [0.717, 1.165) is 19.3 Å². The molecule has 0 spiro atoms. The molecule has 0 aliphatic heterocycles. The van der Waals surface area contributed by atoms with Crippen molar-refractivity contribution in [2.45, 2.75) is 44.2 Å². The summed E-state index contributed by atoms with van der Waals surface area (Å²) < 4.78 is 13.8. The Morgan fingerprint density at radius 2 is 2.15 bits per heavy atom. The fraction of sp³-hybridized carbons (Fsp3) is 0.625. The van der Waals surface area contributed by atoms with E-state index in [1.807, 2.05) is 19.1 Å². The Labute approximate surface area is 120 Å². The normalized spacial score (nSPS) is 25.6.